The van der Waals surface area contributed by atoms with Crippen molar-refractivity contribution in [3.63, 3.8) is 0 Å². The highest BCUT2D eigenvalue weighted by Gasteiger charge is 2.51. The molecule has 3 aromatic carbocycles. The Balaban J connectivity index is 1.05. The molecule has 64 heavy (non-hydrogen) atoms. The molecule has 6 aromatic rings. The van der Waals surface area contributed by atoms with Crippen molar-refractivity contribution >= 4 is 46.3 Å². The molecule has 0 spiro atoms. The van der Waals surface area contributed by atoms with Crippen molar-refractivity contribution < 1.29 is 27.4 Å². The molecule has 3 saturated heterocycles. The number of ether oxygens (including phenoxy) is 3. The van der Waals surface area contributed by atoms with E-state index in [1.165, 1.54) is 10.4 Å². The normalized spacial score (nSPS) is 22.8. The van der Waals surface area contributed by atoms with E-state index < -0.39 is 25.8 Å². The summed E-state index contributed by atoms with van der Waals surface area (Å²) in [5, 5.41) is 8.17. The third-order valence-corrected chi connectivity index (χ3v) is 19.6. The van der Waals surface area contributed by atoms with Gasteiger partial charge >= 0.3 is 6.01 Å². The molecule has 4 atom stereocenters. The largest absolute Gasteiger partial charge is 0.475 e. The number of aryl methyl sites for hydroxylation is 1. The van der Waals surface area contributed by atoms with Crippen LogP contribution < -0.4 is 24.7 Å². The Hall–Kier alpha value is -5.02. The number of hydrogen-bond acceptors (Lipinski definition) is 10. The van der Waals surface area contributed by atoms with Crippen molar-refractivity contribution in [3.8, 4) is 23.1 Å². The lowest BCUT2D eigenvalue weighted by atomic mass is 9.95. The van der Waals surface area contributed by atoms with Crippen molar-refractivity contribution in [2.45, 2.75) is 109 Å². The van der Waals surface area contributed by atoms with E-state index in [2.05, 4.69) is 80.3 Å². The van der Waals surface area contributed by atoms with E-state index >= 15 is 4.39 Å². The van der Waals surface area contributed by atoms with Crippen molar-refractivity contribution in [3.05, 3.63) is 89.9 Å². The van der Waals surface area contributed by atoms with Crippen LogP contribution in [0.1, 0.15) is 83.1 Å². The van der Waals surface area contributed by atoms with Crippen LogP contribution in [0.15, 0.2) is 72.9 Å². The quantitative estimate of drug-likeness (QED) is 0.118. The number of fused-ring (bicyclic) bond motifs is 2. The number of aromatic nitrogens is 5. The number of rotatable bonds is 11. The summed E-state index contributed by atoms with van der Waals surface area (Å²) in [6, 6.07) is 23.1. The van der Waals surface area contributed by atoms with E-state index in [4.69, 9.17) is 38.7 Å². The molecule has 1 unspecified atom stereocenters. The summed E-state index contributed by atoms with van der Waals surface area (Å²) in [6.45, 7) is 13.6. The smallest absolute Gasteiger partial charge is 0.319 e. The van der Waals surface area contributed by atoms with Gasteiger partial charge in [-0.3, -0.25) is 4.90 Å². The van der Waals surface area contributed by atoms with Crippen LogP contribution in [0.4, 0.5) is 14.6 Å². The number of anilines is 1. The highest BCUT2D eigenvalue weighted by molar-refractivity contribution is 6.99. The van der Waals surface area contributed by atoms with E-state index in [1.807, 2.05) is 42.6 Å². The average molecular weight is 888 g/mol. The molecule has 3 aromatic heterocycles. The second-order valence-electron chi connectivity index (χ2n) is 19.4. The lowest BCUT2D eigenvalue weighted by Crippen LogP contribution is -2.66. The summed E-state index contributed by atoms with van der Waals surface area (Å²) >= 11 is 0. The number of nitrogens with zero attached hydrogens (tertiary/aromatic N) is 7. The number of halogens is 2. The maximum Gasteiger partial charge on any atom is 0.319 e. The number of benzene rings is 3. The molecule has 0 amide bonds. The number of hydrogen-bond donors (Lipinski definition) is 0. The van der Waals surface area contributed by atoms with Gasteiger partial charge in [0.2, 0.25) is 5.88 Å². The molecule has 336 valence electrons. The molecular weight excluding hydrogens is 829 g/mol. The zero-order valence-corrected chi connectivity index (χ0v) is 38.9. The van der Waals surface area contributed by atoms with Gasteiger partial charge in [0.1, 0.15) is 41.8 Å². The van der Waals surface area contributed by atoms with Crippen LogP contribution in [-0.4, -0.2) is 102 Å². The van der Waals surface area contributed by atoms with Gasteiger partial charge in [-0.1, -0.05) is 81.4 Å². The number of alkyl halides is 1. The van der Waals surface area contributed by atoms with Crippen LogP contribution in [0.5, 0.6) is 11.9 Å². The fourth-order valence-electron chi connectivity index (χ4n) is 11.1. The molecular formula is C50H59F2N7O4Si. The van der Waals surface area contributed by atoms with Gasteiger partial charge in [0, 0.05) is 44.2 Å². The summed E-state index contributed by atoms with van der Waals surface area (Å²) in [4.78, 5) is 19.1. The minimum atomic E-state index is -2.84. The Morgan fingerprint density at radius 1 is 0.969 bits per heavy atom. The highest BCUT2D eigenvalue weighted by Crippen LogP contribution is 2.45. The molecule has 10 rings (SSSR count). The van der Waals surface area contributed by atoms with E-state index in [0.717, 1.165) is 60.7 Å². The average Bonchev–Trinajstić information content (AvgIpc) is 3.96. The van der Waals surface area contributed by atoms with Crippen LogP contribution in [0.25, 0.3) is 33.1 Å². The first-order valence-corrected chi connectivity index (χ1v) is 24.9. The zero-order valence-electron chi connectivity index (χ0n) is 37.9. The topological polar surface area (TPSA) is 99.9 Å². The predicted octanol–water partition coefficient (Wildman–Crippen LogP) is 8.62. The van der Waals surface area contributed by atoms with E-state index in [0.29, 0.717) is 49.4 Å². The van der Waals surface area contributed by atoms with E-state index in [-0.39, 0.29) is 53.6 Å². The Labute approximate surface area is 375 Å². The van der Waals surface area contributed by atoms with Crippen molar-refractivity contribution in [2.75, 3.05) is 51.5 Å². The Morgan fingerprint density at radius 2 is 1.72 bits per heavy atom. The summed E-state index contributed by atoms with van der Waals surface area (Å²) in [5.41, 5.74) is 3.09. The van der Waals surface area contributed by atoms with Gasteiger partial charge in [0.15, 0.2) is 12.0 Å². The minimum absolute atomic E-state index is 0.0393. The van der Waals surface area contributed by atoms with Gasteiger partial charge in [0.05, 0.1) is 23.3 Å². The lowest BCUT2D eigenvalue weighted by molar-refractivity contribution is -0.0366. The van der Waals surface area contributed by atoms with E-state index in [9.17, 15) is 4.39 Å². The number of pyridine rings is 1. The lowest BCUT2D eigenvalue weighted by Gasteiger charge is -2.43. The fourth-order valence-corrected chi connectivity index (χ4v) is 15.6. The van der Waals surface area contributed by atoms with Crippen LogP contribution in [0.2, 0.25) is 5.04 Å². The van der Waals surface area contributed by atoms with Gasteiger partial charge in [-0.2, -0.15) is 15.1 Å². The standard InChI is InChI=1S/C50H59F2N7O4Si/c1-32-26-39-38(28-53-59(39)40-20-13-14-24-60-40)41(33(32)2)44-43(52)45-42-46(56-48(55-45)62-31-50-22-15-23-58(50)29-34(51)27-50)57(6)35(30-61-47(42)54-44)21-25-63-64(49(3,4)5,36-16-9-7-10-17-36)37-18-11-8-12-19-37/h7-12,16-19,26,28,34-35,40H,13-15,20-25,27,29-31H2,1-6H3/t34-,35+,40?,50+/m1/s1. The zero-order chi connectivity index (χ0) is 44.4. The maximum absolute atomic E-state index is 17.8. The Morgan fingerprint density at radius 3 is 2.42 bits per heavy atom. The summed E-state index contributed by atoms with van der Waals surface area (Å²) in [7, 11) is -0.877. The van der Waals surface area contributed by atoms with Gasteiger partial charge in [-0.15, -0.1) is 0 Å². The molecule has 4 aliphatic heterocycles. The number of likely N-dealkylation sites (N-methyl/N-ethyl adjacent to an activating group) is 1. The Bertz CT molecular complexity index is 2640. The molecule has 4 aliphatic rings. The highest BCUT2D eigenvalue weighted by atomic mass is 28.4. The molecule has 0 radical (unpaired) electrons. The van der Waals surface area contributed by atoms with Gasteiger partial charge in [0.25, 0.3) is 8.32 Å². The van der Waals surface area contributed by atoms with Crippen LogP contribution in [-0.2, 0) is 9.16 Å². The van der Waals surface area contributed by atoms with E-state index in [1.54, 1.807) is 6.20 Å². The molecule has 0 saturated carbocycles. The predicted molar refractivity (Wildman–Crippen MR) is 249 cm³/mol. The van der Waals surface area contributed by atoms with Crippen LogP contribution in [0.3, 0.4) is 0 Å². The fraction of sp³-hybridized carbons (Fsp3) is 0.480. The second-order valence-corrected chi connectivity index (χ2v) is 23.7. The summed E-state index contributed by atoms with van der Waals surface area (Å²) in [6.07, 6.45) is 6.36. The second kappa shape index (κ2) is 16.8. The van der Waals surface area contributed by atoms with Crippen molar-refractivity contribution in [2.24, 2.45) is 0 Å². The molecule has 0 aliphatic carbocycles. The third kappa shape index (κ3) is 7.25. The first-order valence-electron chi connectivity index (χ1n) is 23.0. The van der Waals surface area contributed by atoms with Crippen molar-refractivity contribution in [1.82, 2.24) is 29.6 Å². The molecule has 7 heterocycles. The van der Waals surface area contributed by atoms with Gasteiger partial charge in [-0.25, -0.2) is 18.4 Å². The Kier molecular flexibility index (Phi) is 11.2. The minimum Gasteiger partial charge on any atom is -0.475 e. The molecule has 11 nitrogen and oxygen atoms in total. The van der Waals surface area contributed by atoms with Crippen molar-refractivity contribution in [1.29, 1.82) is 0 Å². The molecule has 0 N–H and O–H groups in total. The van der Waals surface area contributed by atoms with Gasteiger partial charge in [-0.05, 0) is 91.5 Å². The first kappa shape index (κ1) is 42.9. The summed E-state index contributed by atoms with van der Waals surface area (Å²) < 4.78 is 61.3. The molecule has 3 fully saturated rings. The van der Waals surface area contributed by atoms with Gasteiger partial charge < -0.3 is 23.5 Å². The molecule has 14 heteroatoms. The third-order valence-electron chi connectivity index (χ3n) is 14.5. The maximum atomic E-state index is 17.8. The monoisotopic (exact) mass is 887 g/mol. The molecule has 0 bridgehead atoms. The SMILES string of the molecule is Cc1cc2c(cnn2C2CCCCO2)c(-c2nc3c4c(nc(OC[C@@]56CCCN5C[C@H](F)C6)nc4c2F)N(C)[C@@H](CCO[Si](c2ccccc2)(c2ccccc2)C(C)(C)C)CO3)c1C. The van der Waals surface area contributed by atoms with Crippen LogP contribution >= 0.6 is 0 Å². The first-order chi connectivity index (χ1) is 30.9. The summed E-state index contributed by atoms with van der Waals surface area (Å²) in [5.74, 6) is 0.119. The van der Waals surface area contributed by atoms with Crippen LogP contribution in [0, 0.1) is 19.7 Å².